The Bertz CT molecular complexity index is 1360. The summed E-state index contributed by atoms with van der Waals surface area (Å²) < 4.78 is 46.0. The van der Waals surface area contributed by atoms with E-state index in [4.69, 9.17) is 4.42 Å². The molecule has 0 N–H and O–H groups in total. The summed E-state index contributed by atoms with van der Waals surface area (Å²) in [6.07, 6.45) is -0.602. The number of rotatable bonds is 2. The molecule has 1 fully saturated rings. The normalized spacial score (nSPS) is 16.1. The van der Waals surface area contributed by atoms with Gasteiger partial charge in [-0.15, -0.1) is 0 Å². The van der Waals surface area contributed by atoms with Crippen LogP contribution in [-0.2, 0) is 6.18 Å². The number of nitrogens with zero attached hydrogens (tertiary/aromatic N) is 4. The minimum absolute atomic E-state index is 0.107. The lowest BCUT2D eigenvalue weighted by molar-refractivity contribution is -0.137. The Morgan fingerprint density at radius 1 is 1.03 bits per heavy atom. The first kappa shape index (κ1) is 20.6. The minimum atomic E-state index is -4.46. The summed E-state index contributed by atoms with van der Waals surface area (Å²) in [5.41, 5.74) is 0.673. The molecule has 9 heteroatoms. The van der Waals surface area contributed by atoms with E-state index in [2.05, 4.69) is 21.8 Å². The molecule has 0 aliphatic carbocycles. The van der Waals surface area contributed by atoms with Crippen LogP contribution in [0.2, 0.25) is 0 Å². The van der Waals surface area contributed by atoms with E-state index in [1.807, 2.05) is 18.2 Å². The highest BCUT2D eigenvalue weighted by molar-refractivity contribution is 5.84. The Hall–Kier alpha value is -3.33. The van der Waals surface area contributed by atoms with Crippen molar-refractivity contribution in [1.82, 2.24) is 14.3 Å². The average molecular weight is 442 g/mol. The Balaban J connectivity index is 1.51. The van der Waals surface area contributed by atoms with Crippen LogP contribution in [0.1, 0.15) is 12.0 Å². The summed E-state index contributed by atoms with van der Waals surface area (Å²) in [4.78, 5) is 21.5. The predicted octanol–water partition coefficient (Wildman–Crippen LogP) is 4.27. The van der Waals surface area contributed by atoms with E-state index in [9.17, 15) is 18.0 Å². The summed E-state index contributed by atoms with van der Waals surface area (Å²) >= 11 is 0. The van der Waals surface area contributed by atoms with E-state index in [1.54, 1.807) is 6.07 Å². The lowest BCUT2D eigenvalue weighted by atomic mass is 10.1. The second kappa shape index (κ2) is 7.67. The highest BCUT2D eigenvalue weighted by atomic mass is 19.4. The van der Waals surface area contributed by atoms with Crippen LogP contribution >= 0.6 is 0 Å². The van der Waals surface area contributed by atoms with Crippen LogP contribution in [0, 0.1) is 0 Å². The zero-order valence-electron chi connectivity index (χ0n) is 17.4. The summed E-state index contributed by atoms with van der Waals surface area (Å²) in [5.74, 6) is 0. The van der Waals surface area contributed by atoms with E-state index >= 15 is 0 Å². The topological polar surface area (TPSA) is 54.0 Å². The number of benzene rings is 1. The fraction of sp³-hybridized carbons (Fsp3) is 0.304. The molecule has 1 aromatic carbocycles. The number of imidazole rings is 1. The minimum Gasteiger partial charge on any atom is -0.422 e. The Morgan fingerprint density at radius 2 is 1.88 bits per heavy atom. The molecule has 0 saturated carbocycles. The van der Waals surface area contributed by atoms with Crippen molar-refractivity contribution in [3.8, 4) is 11.3 Å². The summed E-state index contributed by atoms with van der Waals surface area (Å²) in [6, 6.07) is 9.36. The smallest absolute Gasteiger partial charge is 0.416 e. The third-order valence-electron chi connectivity index (χ3n) is 5.87. The van der Waals surface area contributed by atoms with Crippen molar-refractivity contribution < 1.29 is 17.6 Å². The van der Waals surface area contributed by atoms with Gasteiger partial charge in [0.25, 0.3) is 0 Å². The lowest BCUT2D eigenvalue weighted by Gasteiger charge is -2.22. The van der Waals surface area contributed by atoms with E-state index < -0.39 is 17.4 Å². The molecule has 1 saturated heterocycles. The zero-order chi connectivity index (χ0) is 22.5. The molecule has 1 aliphatic rings. The molecule has 6 nitrogen and oxygen atoms in total. The van der Waals surface area contributed by atoms with Crippen LogP contribution in [0.25, 0.3) is 27.9 Å². The Kier molecular flexibility index (Phi) is 4.93. The highest BCUT2D eigenvalue weighted by Crippen LogP contribution is 2.31. The number of hydrogen-bond donors (Lipinski definition) is 0. The molecular weight excluding hydrogens is 421 g/mol. The van der Waals surface area contributed by atoms with Gasteiger partial charge in [-0.1, -0.05) is 0 Å². The number of likely N-dealkylation sites (N-methyl/N-ethyl adjacent to an activating group) is 1. The molecule has 0 bridgehead atoms. The van der Waals surface area contributed by atoms with Crippen LogP contribution in [-0.4, -0.2) is 47.5 Å². The fourth-order valence-electron chi connectivity index (χ4n) is 4.07. The van der Waals surface area contributed by atoms with Gasteiger partial charge in [-0.2, -0.15) is 13.2 Å². The van der Waals surface area contributed by atoms with Gasteiger partial charge in [-0.3, -0.25) is 0 Å². The average Bonchev–Trinajstić information content (AvgIpc) is 3.05. The van der Waals surface area contributed by atoms with Gasteiger partial charge < -0.3 is 18.6 Å². The number of anilines is 1. The molecule has 0 unspecified atom stereocenters. The fourth-order valence-corrected chi connectivity index (χ4v) is 4.07. The van der Waals surface area contributed by atoms with Gasteiger partial charge in [-0.05, 0) is 50.3 Å². The van der Waals surface area contributed by atoms with Gasteiger partial charge in [0.15, 0.2) is 0 Å². The quantitative estimate of drug-likeness (QED) is 0.434. The van der Waals surface area contributed by atoms with Crippen LogP contribution in [0.3, 0.4) is 0 Å². The molecule has 32 heavy (non-hydrogen) atoms. The molecule has 0 amide bonds. The molecule has 1 aliphatic heterocycles. The number of hydrogen-bond acceptors (Lipinski definition) is 5. The second-order valence-electron chi connectivity index (χ2n) is 8.12. The third kappa shape index (κ3) is 3.84. The van der Waals surface area contributed by atoms with Crippen molar-refractivity contribution in [2.75, 3.05) is 38.1 Å². The zero-order valence-corrected chi connectivity index (χ0v) is 17.4. The maximum absolute atomic E-state index is 13.0. The van der Waals surface area contributed by atoms with Crippen molar-refractivity contribution in [1.29, 1.82) is 0 Å². The van der Waals surface area contributed by atoms with E-state index in [-0.39, 0.29) is 16.9 Å². The Morgan fingerprint density at radius 3 is 2.69 bits per heavy atom. The summed E-state index contributed by atoms with van der Waals surface area (Å²) in [6.45, 7) is 3.83. The summed E-state index contributed by atoms with van der Waals surface area (Å²) in [7, 11) is 2.10. The number of fused-ring (bicyclic) bond motifs is 2. The first-order valence-electron chi connectivity index (χ1n) is 10.4. The van der Waals surface area contributed by atoms with Gasteiger partial charge in [0.1, 0.15) is 11.2 Å². The molecule has 4 heterocycles. The summed E-state index contributed by atoms with van der Waals surface area (Å²) in [5, 5.41) is 0.725. The largest absolute Gasteiger partial charge is 0.422 e. The molecular formula is C23H21F3N4O2. The maximum Gasteiger partial charge on any atom is 0.416 e. The first-order chi connectivity index (χ1) is 15.3. The van der Waals surface area contributed by atoms with Crippen LogP contribution < -0.4 is 10.5 Å². The monoisotopic (exact) mass is 442 g/mol. The molecule has 0 spiro atoms. The van der Waals surface area contributed by atoms with Crippen LogP contribution in [0.5, 0.6) is 0 Å². The molecule has 166 valence electrons. The van der Waals surface area contributed by atoms with Crippen molar-refractivity contribution in [2.24, 2.45) is 0 Å². The lowest BCUT2D eigenvalue weighted by Crippen LogP contribution is -2.28. The van der Waals surface area contributed by atoms with Crippen molar-refractivity contribution in [3.63, 3.8) is 0 Å². The SMILES string of the molecule is CN1CCCN(c2ccc3cc(-c4cn5ccc(C(F)(F)F)cc5n4)c(=O)oc3c2)CC1. The van der Waals surface area contributed by atoms with Crippen LogP contribution in [0.15, 0.2) is 58.0 Å². The first-order valence-corrected chi connectivity index (χ1v) is 10.4. The molecule has 0 atom stereocenters. The van der Waals surface area contributed by atoms with E-state index in [0.29, 0.717) is 5.58 Å². The number of alkyl halides is 3. The second-order valence-corrected chi connectivity index (χ2v) is 8.12. The molecule has 0 radical (unpaired) electrons. The van der Waals surface area contributed by atoms with Gasteiger partial charge >= 0.3 is 11.8 Å². The molecule has 4 aromatic rings. The van der Waals surface area contributed by atoms with E-state index in [1.165, 1.54) is 16.8 Å². The van der Waals surface area contributed by atoms with Gasteiger partial charge in [-0.25, -0.2) is 9.78 Å². The Labute approximate surface area is 181 Å². The maximum atomic E-state index is 13.0. The van der Waals surface area contributed by atoms with Crippen LogP contribution in [0.4, 0.5) is 18.9 Å². The van der Waals surface area contributed by atoms with Gasteiger partial charge in [0, 0.05) is 49.2 Å². The predicted molar refractivity (Wildman–Crippen MR) is 116 cm³/mol. The third-order valence-corrected chi connectivity index (χ3v) is 5.87. The van der Waals surface area contributed by atoms with Crippen molar-refractivity contribution in [2.45, 2.75) is 12.6 Å². The number of halogens is 3. The molecule has 3 aromatic heterocycles. The number of pyridine rings is 1. The number of aromatic nitrogens is 2. The van der Waals surface area contributed by atoms with Gasteiger partial charge in [0.05, 0.1) is 16.8 Å². The molecule has 5 rings (SSSR count). The van der Waals surface area contributed by atoms with Crippen molar-refractivity contribution >= 4 is 22.3 Å². The van der Waals surface area contributed by atoms with E-state index in [0.717, 1.165) is 55.8 Å². The standard InChI is InChI=1S/C23H21F3N4O2/c1-28-6-2-7-29(10-9-28)17-4-3-15-11-18(22(31)32-20(15)13-17)19-14-30-8-5-16(23(24,25)26)12-21(30)27-19/h3-5,8,11-14H,2,6-7,9-10H2,1H3. The van der Waals surface area contributed by atoms with Gasteiger partial charge in [0.2, 0.25) is 0 Å². The van der Waals surface area contributed by atoms with Crippen molar-refractivity contribution in [3.05, 3.63) is 64.8 Å². The highest BCUT2D eigenvalue weighted by Gasteiger charge is 2.31.